The molecular formula is C49H99NO3. The van der Waals surface area contributed by atoms with Crippen molar-refractivity contribution in [3.63, 3.8) is 0 Å². The minimum atomic E-state index is -0.654. The smallest absolute Gasteiger partial charge is 0.220 e. The molecule has 0 fully saturated rings. The molecule has 0 aromatic rings. The van der Waals surface area contributed by atoms with Crippen LogP contribution in [0.1, 0.15) is 290 Å². The van der Waals surface area contributed by atoms with Gasteiger partial charge in [-0.1, -0.05) is 271 Å². The number of aliphatic hydroxyl groups excluding tert-OH is 2. The van der Waals surface area contributed by atoms with Crippen LogP contribution in [0.2, 0.25) is 0 Å². The normalized spacial score (nSPS) is 12.8. The van der Waals surface area contributed by atoms with Crippen molar-refractivity contribution in [3.8, 4) is 0 Å². The lowest BCUT2D eigenvalue weighted by Gasteiger charge is -2.22. The zero-order valence-electron chi connectivity index (χ0n) is 36.6. The zero-order valence-corrected chi connectivity index (χ0v) is 36.6. The van der Waals surface area contributed by atoms with Crippen molar-refractivity contribution in [3.05, 3.63) is 0 Å². The molecule has 318 valence electrons. The summed E-state index contributed by atoms with van der Waals surface area (Å²) in [6, 6.07) is -0.530. The van der Waals surface area contributed by atoms with Crippen LogP contribution in [0.15, 0.2) is 0 Å². The van der Waals surface area contributed by atoms with Crippen LogP contribution < -0.4 is 5.32 Å². The predicted octanol–water partition coefficient (Wildman–Crippen LogP) is 15.6. The van der Waals surface area contributed by atoms with Crippen LogP contribution in [0.25, 0.3) is 0 Å². The lowest BCUT2D eigenvalue weighted by atomic mass is 10.0. The van der Waals surface area contributed by atoms with E-state index in [0.29, 0.717) is 12.8 Å². The predicted molar refractivity (Wildman–Crippen MR) is 235 cm³/mol. The summed E-state index contributed by atoms with van der Waals surface area (Å²) in [6.45, 7) is 4.40. The summed E-state index contributed by atoms with van der Waals surface area (Å²) in [5.41, 5.74) is 0. The van der Waals surface area contributed by atoms with E-state index >= 15 is 0 Å². The van der Waals surface area contributed by atoms with Crippen molar-refractivity contribution in [2.45, 2.75) is 302 Å². The Balaban J connectivity index is 3.43. The van der Waals surface area contributed by atoms with Gasteiger partial charge in [-0.05, 0) is 12.8 Å². The average Bonchev–Trinajstić information content (AvgIpc) is 3.16. The molecule has 0 bridgehead atoms. The lowest BCUT2D eigenvalue weighted by molar-refractivity contribution is -0.123. The van der Waals surface area contributed by atoms with Crippen molar-refractivity contribution in [1.29, 1.82) is 0 Å². The van der Waals surface area contributed by atoms with E-state index in [4.69, 9.17) is 0 Å². The number of aliphatic hydroxyl groups is 2. The number of nitrogens with one attached hydrogen (secondary N) is 1. The fourth-order valence-corrected chi connectivity index (χ4v) is 8.07. The summed E-state index contributed by atoms with van der Waals surface area (Å²) >= 11 is 0. The minimum Gasteiger partial charge on any atom is -0.394 e. The molecule has 0 aliphatic carbocycles. The molecule has 1 amide bonds. The van der Waals surface area contributed by atoms with Crippen LogP contribution in [-0.2, 0) is 4.79 Å². The maximum atomic E-state index is 12.4. The zero-order chi connectivity index (χ0) is 38.6. The number of hydrogen-bond acceptors (Lipinski definition) is 3. The first-order valence-corrected chi connectivity index (χ1v) is 24.7. The van der Waals surface area contributed by atoms with Crippen LogP contribution in [0.3, 0.4) is 0 Å². The summed E-state index contributed by atoms with van der Waals surface area (Å²) in [7, 11) is 0. The maximum Gasteiger partial charge on any atom is 0.220 e. The third-order valence-corrected chi connectivity index (χ3v) is 11.9. The number of rotatable bonds is 46. The van der Waals surface area contributed by atoms with Gasteiger partial charge in [0.1, 0.15) is 0 Å². The maximum absolute atomic E-state index is 12.4. The van der Waals surface area contributed by atoms with Crippen molar-refractivity contribution in [2.75, 3.05) is 6.61 Å². The third kappa shape index (κ3) is 42.4. The van der Waals surface area contributed by atoms with E-state index in [1.165, 1.54) is 238 Å². The van der Waals surface area contributed by atoms with Crippen LogP contribution >= 0.6 is 0 Å². The monoisotopic (exact) mass is 750 g/mol. The van der Waals surface area contributed by atoms with Crippen molar-refractivity contribution in [1.82, 2.24) is 5.32 Å². The van der Waals surface area contributed by atoms with Crippen molar-refractivity contribution >= 4 is 5.91 Å². The summed E-state index contributed by atoms with van der Waals surface area (Å²) < 4.78 is 0. The molecule has 2 atom stereocenters. The Hall–Kier alpha value is -0.610. The Morgan fingerprint density at radius 3 is 0.849 bits per heavy atom. The standard InChI is InChI=1S/C49H99NO3/c1-3-5-7-9-11-13-15-17-19-21-23-24-25-27-28-30-32-34-36-38-40-42-44-48(52)47(46-51)50-49(53)45-43-41-39-37-35-33-31-29-26-22-20-18-16-14-12-10-8-6-4-2/h47-48,51-52H,3-46H2,1-2H3,(H,50,53). The molecule has 3 N–H and O–H groups in total. The number of amides is 1. The second-order valence-electron chi connectivity index (χ2n) is 17.3. The molecule has 0 aliphatic rings. The third-order valence-electron chi connectivity index (χ3n) is 11.9. The molecule has 0 saturated carbocycles. The van der Waals surface area contributed by atoms with Gasteiger partial charge in [-0.2, -0.15) is 0 Å². The van der Waals surface area contributed by atoms with Crippen LogP contribution in [0.5, 0.6) is 0 Å². The van der Waals surface area contributed by atoms with Gasteiger partial charge in [0.2, 0.25) is 5.91 Å². The fourth-order valence-electron chi connectivity index (χ4n) is 8.07. The van der Waals surface area contributed by atoms with Gasteiger partial charge in [-0.3, -0.25) is 4.79 Å². The van der Waals surface area contributed by atoms with Crippen LogP contribution in [0.4, 0.5) is 0 Å². The highest BCUT2D eigenvalue weighted by Gasteiger charge is 2.20. The highest BCUT2D eigenvalue weighted by atomic mass is 16.3. The summed E-state index contributed by atoms with van der Waals surface area (Å²) in [5, 5.41) is 23.3. The van der Waals surface area contributed by atoms with E-state index in [9.17, 15) is 15.0 Å². The Morgan fingerprint density at radius 1 is 0.377 bits per heavy atom. The van der Waals surface area contributed by atoms with E-state index in [-0.39, 0.29) is 12.5 Å². The molecule has 0 spiro atoms. The van der Waals surface area contributed by atoms with E-state index < -0.39 is 12.1 Å². The van der Waals surface area contributed by atoms with Crippen molar-refractivity contribution in [2.24, 2.45) is 0 Å². The molecule has 0 saturated heterocycles. The Morgan fingerprint density at radius 2 is 0.604 bits per heavy atom. The molecule has 0 aromatic heterocycles. The summed E-state index contributed by atoms with van der Waals surface area (Å²) in [6.07, 6.45) is 56.3. The summed E-state index contributed by atoms with van der Waals surface area (Å²) in [5.74, 6) is -0.0239. The molecule has 4 heteroatoms. The first-order chi connectivity index (χ1) is 26.2. The first kappa shape index (κ1) is 52.4. The van der Waals surface area contributed by atoms with E-state index in [1.807, 2.05) is 0 Å². The summed E-state index contributed by atoms with van der Waals surface area (Å²) in [4.78, 5) is 12.4. The Labute approximate surface area is 334 Å². The molecule has 2 unspecified atom stereocenters. The number of carbonyl (C=O) groups excluding carboxylic acids is 1. The highest BCUT2D eigenvalue weighted by Crippen LogP contribution is 2.18. The lowest BCUT2D eigenvalue weighted by Crippen LogP contribution is -2.45. The minimum absolute atomic E-state index is 0.0239. The topological polar surface area (TPSA) is 69.6 Å². The Bertz CT molecular complexity index is 685. The number of hydrogen-bond donors (Lipinski definition) is 3. The van der Waals surface area contributed by atoms with E-state index in [2.05, 4.69) is 19.2 Å². The van der Waals surface area contributed by atoms with Gasteiger partial charge in [-0.25, -0.2) is 0 Å². The number of unbranched alkanes of at least 4 members (excludes halogenated alkanes) is 39. The molecule has 0 aliphatic heterocycles. The number of carbonyl (C=O) groups is 1. The molecule has 0 rings (SSSR count). The second kappa shape index (κ2) is 45.8. The Kier molecular flexibility index (Phi) is 45.3. The van der Waals surface area contributed by atoms with Gasteiger partial charge in [-0.15, -0.1) is 0 Å². The van der Waals surface area contributed by atoms with Gasteiger partial charge in [0.05, 0.1) is 18.8 Å². The van der Waals surface area contributed by atoms with Gasteiger partial charge in [0.25, 0.3) is 0 Å². The van der Waals surface area contributed by atoms with Gasteiger partial charge in [0, 0.05) is 6.42 Å². The first-order valence-electron chi connectivity index (χ1n) is 24.7. The molecular weight excluding hydrogens is 651 g/mol. The van der Waals surface area contributed by atoms with Crippen LogP contribution in [0, 0.1) is 0 Å². The quantitative estimate of drug-likeness (QED) is 0.0543. The largest absolute Gasteiger partial charge is 0.394 e. The molecule has 0 aromatic carbocycles. The van der Waals surface area contributed by atoms with Gasteiger partial charge in [0.15, 0.2) is 0 Å². The van der Waals surface area contributed by atoms with E-state index in [0.717, 1.165) is 25.7 Å². The van der Waals surface area contributed by atoms with Crippen molar-refractivity contribution < 1.29 is 15.0 Å². The van der Waals surface area contributed by atoms with Crippen LogP contribution in [-0.4, -0.2) is 34.9 Å². The highest BCUT2D eigenvalue weighted by molar-refractivity contribution is 5.76. The van der Waals surface area contributed by atoms with E-state index in [1.54, 1.807) is 0 Å². The average molecular weight is 750 g/mol. The molecule has 53 heavy (non-hydrogen) atoms. The van der Waals surface area contributed by atoms with Gasteiger partial charge < -0.3 is 15.5 Å². The fraction of sp³-hybridized carbons (Fsp3) is 0.980. The SMILES string of the molecule is CCCCCCCCCCCCCCCCCCCCCCCCC(O)C(CO)NC(=O)CCCCCCCCCCCCCCCCCCCCC. The molecule has 4 nitrogen and oxygen atoms in total. The second-order valence-corrected chi connectivity index (χ2v) is 17.3. The molecule has 0 radical (unpaired) electrons. The van der Waals surface area contributed by atoms with Gasteiger partial charge >= 0.3 is 0 Å². The molecule has 0 heterocycles.